The fourth-order valence-electron chi connectivity index (χ4n) is 2.93. The molecule has 3 rings (SSSR count). The number of nitrogens with two attached hydrogens (primary N) is 1. The maximum absolute atomic E-state index is 13.1. The summed E-state index contributed by atoms with van der Waals surface area (Å²) in [6, 6.07) is 11.7. The number of thioether (sulfide) groups is 1. The molecule has 10 heteroatoms. The van der Waals surface area contributed by atoms with Gasteiger partial charge in [0.15, 0.2) is 5.17 Å². The van der Waals surface area contributed by atoms with Gasteiger partial charge in [-0.3, -0.25) is 9.79 Å². The average molecular weight is 441 g/mol. The van der Waals surface area contributed by atoms with Gasteiger partial charge in [-0.1, -0.05) is 30.0 Å². The van der Waals surface area contributed by atoms with Crippen LogP contribution in [0.2, 0.25) is 0 Å². The van der Waals surface area contributed by atoms with Crippen molar-refractivity contribution < 1.29 is 27.1 Å². The lowest BCUT2D eigenvalue weighted by Crippen LogP contribution is -2.33. The molecule has 1 aliphatic heterocycles. The van der Waals surface area contributed by atoms with Crippen molar-refractivity contribution >= 4 is 28.5 Å². The Labute approximate surface area is 174 Å². The molecule has 0 saturated heterocycles. The summed E-state index contributed by atoms with van der Waals surface area (Å²) in [5.41, 5.74) is 6.55. The summed E-state index contributed by atoms with van der Waals surface area (Å²) in [7, 11) is 0. The Bertz CT molecular complexity index is 971. The van der Waals surface area contributed by atoms with Crippen LogP contribution in [0.4, 0.5) is 23.2 Å². The number of benzene rings is 2. The van der Waals surface area contributed by atoms with Crippen molar-refractivity contribution in [2.24, 2.45) is 10.7 Å². The van der Waals surface area contributed by atoms with E-state index in [0.717, 1.165) is 29.9 Å². The Balaban J connectivity index is 1.77. The van der Waals surface area contributed by atoms with E-state index in [1.54, 1.807) is 18.2 Å². The highest BCUT2D eigenvalue weighted by Crippen LogP contribution is 2.35. The molecular formula is C20H19F4N3O2S. The molecule has 1 aliphatic rings. The van der Waals surface area contributed by atoms with E-state index in [2.05, 4.69) is 15.0 Å². The standard InChI is InChI=1S/C20H19F4N3O2S/c1-19(8-9-30-18(25)27-19)13-5-2-4-12(10-13)16(28)26-14-6-3-7-15(11-14)29-20(23,24)17(21)22/h2-7,10-11,17H,8-9H2,1H3,(H2,25,27)(H,26,28). The minimum Gasteiger partial charge on any atom is -0.428 e. The molecule has 1 unspecified atom stereocenters. The predicted molar refractivity (Wildman–Crippen MR) is 108 cm³/mol. The molecule has 3 N–H and O–H groups in total. The number of halogens is 4. The van der Waals surface area contributed by atoms with Gasteiger partial charge in [0.25, 0.3) is 5.91 Å². The molecule has 2 aromatic rings. The number of anilines is 1. The van der Waals surface area contributed by atoms with Gasteiger partial charge in [-0.2, -0.15) is 17.6 Å². The number of nitrogens with zero attached hydrogens (tertiary/aromatic N) is 1. The number of carbonyl (C=O) groups excluding carboxylic acids is 1. The largest absolute Gasteiger partial charge is 0.461 e. The normalized spacial score (nSPS) is 19.3. The Morgan fingerprint density at radius 3 is 2.70 bits per heavy atom. The summed E-state index contributed by atoms with van der Waals surface area (Å²) in [5.74, 6) is -0.192. The third-order valence-corrected chi connectivity index (χ3v) is 5.34. The Morgan fingerprint density at radius 1 is 1.27 bits per heavy atom. The molecule has 160 valence electrons. The van der Waals surface area contributed by atoms with Gasteiger partial charge >= 0.3 is 12.5 Å². The molecule has 1 atom stereocenters. The fourth-order valence-corrected chi connectivity index (χ4v) is 3.91. The minimum absolute atomic E-state index is 0.121. The number of hydrogen-bond donors (Lipinski definition) is 2. The summed E-state index contributed by atoms with van der Waals surface area (Å²) >= 11 is 1.47. The second-order valence-electron chi connectivity index (χ2n) is 6.85. The number of carbonyl (C=O) groups is 1. The predicted octanol–water partition coefficient (Wildman–Crippen LogP) is 4.84. The lowest BCUT2D eigenvalue weighted by molar-refractivity contribution is -0.253. The second kappa shape index (κ2) is 8.55. The lowest BCUT2D eigenvalue weighted by atomic mass is 9.88. The average Bonchev–Trinajstić information content (AvgIpc) is 2.68. The highest BCUT2D eigenvalue weighted by atomic mass is 32.2. The Kier molecular flexibility index (Phi) is 6.25. The third kappa shape index (κ3) is 5.05. The van der Waals surface area contributed by atoms with Gasteiger partial charge in [-0.25, -0.2) is 0 Å². The zero-order valence-electron chi connectivity index (χ0n) is 15.9. The van der Waals surface area contributed by atoms with Crippen LogP contribution in [0.3, 0.4) is 0 Å². The van der Waals surface area contributed by atoms with Crippen LogP contribution in [-0.2, 0) is 5.54 Å². The summed E-state index contributed by atoms with van der Waals surface area (Å²) in [5, 5.41) is 3.03. The molecule has 0 aliphatic carbocycles. The highest BCUT2D eigenvalue weighted by molar-refractivity contribution is 8.13. The van der Waals surface area contributed by atoms with Gasteiger partial charge in [-0.15, -0.1) is 0 Å². The number of nitrogens with one attached hydrogen (secondary N) is 1. The van der Waals surface area contributed by atoms with E-state index in [1.165, 1.54) is 23.9 Å². The van der Waals surface area contributed by atoms with Gasteiger partial charge < -0.3 is 15.8 Å². The molecule has 0 bridgehead atoms. The van der Waals surface area contributed by atoms with Crippen molar-refractivity contribution in [3.05, 3.63) is 59.7 Å². The first-order valence-corrected chi connectivity index (χ1v) is 9.93. The molecule has 0 radical (unpaired) electrons. The van der Waals surface area contributed by atoms with E-state index in [0.29, 0.717) is 10.7 Å². The number of amides is 1. The van der Waals surface area contributed by atoms with Crippen LogP contribution in [-0.4, -0.2) is 29.4 Å². The lowest BCUT2D eigenvalue weighted by Gasteiger charge is -2.30. The van der Waals surface area contributed by atoms with Crippen LogP contribution in [0.5, 0.6) is 5.75 Å². The van der Waals surface area contributed by atoms with E-state index < -0.39 is 29.7 Å². The quantitative estimate of drug-likeness (QED) is 0.629. The summed E-state index contributed by atoms with van der Waals surface area (Å²) in [4.78, 5) is 17.1. The van der Waals surface area contributed by atoms with Crippen LogP contribution in [0.25, 0.3) is 0 Å². The smallest absolute Gasteiger partial charge is 0.428 e. The monoisotopic (exact) mass is 441 g/mol. The summed E-state index contributed by atoms with van der Waals surface area (Å²) in [6.07, 6.45) is -7.86. The van der Waals surface area contributed by atoms with Crippen LogP contribution in [0, 0.1) is 0 Å². The SMILES string of the molecule is CC1(c2cccc(C(=O)Nc3cccc(OC(F)(F)C(F)F)c3)c2)CCSC(N)=N1. The van der Waals surface area contributed by atoms with Crippen molar-refractivity contribution in [3.63, 3.8) is 0 Å². The van der Waals surface area contributed by atoms with Crippen LogP contribution in [0.15, 0.2) is 53.5 Å². The molecule has 30 heavy (non-hydrogen) atoms. The first-order valence-electron chi connectivity index (χ1n) is 8.94. The number of rotatable bonds is 6. The van der Waals surface area contributed by atoms with Crippen molar-refractivity contribution in [1.29, 1.82) is 0 Å². The van der Waals surface area contributed by atoms with Crippen LogP contribution < -0.4 is 15.8 Å². The Hall–Kier alpha value is -2.75. The molecule has 2 aromatic carbocycles. The zero-order valence-corrected chi connectivity index (χ0v) is 16.7. The van der Waals surface area contributed by atoms with Crippen molar-refractivity contribution in [2.75, 3.05) is 11.1 Å². The van der Waals surface area contributed by atoms with Crippen molar-refractivity contribution in [2.45, 2.75) is 31.4 Å². The van der Waals surface area contributed by atoms with Gasteiger partial charge in [0.1, 0.15) is 5.75 Å². The van der Waals surface area contributed by atoms with Crippen LogP contribution >= 0.6 is 11.8 Å². The van der Waals surface area contributed by atoms with Crippen molar-refractivity contribution in [1.82, 2.24) is 0 Å². The summed E-state index contributed by atoms with van der Waals surface area (Å²) in [6.45, 7) is 1.93. The van der Waals surface area contributed by atoms with Gasteiger partial charge in [0, 0.05) is 23.1 Å². The van der Waals surface area contributed by atoms with E-state index >= 15 is 0 Å². The molecule has 1 heterocycles. The number of hydrogen-bond acceptors (Lipinski definition) is 5. The maximum atomic E-state index is 13.1. The minimum atomic E-state index is -4.63. The first-order chi connectivity index (χ1) is 14.1. The molecule has 0 aromatic heterocycles. The molecule has 1 amide bonds. The first kappa shape index (κ1) is 21.9. The highest BCUT2D eigenvalue weighted by Gasteiger charge is 2.44. The van der Waals surface area contributed by atoms with Gasteiger partial charge in [0.2, 0.25) is 0 Å². The molecular weight excluding hydrogens is 422 g/mol. The van der Waals surface area contributed by atoms with Gasteiger partial charge in [0.05, 0.1) is 5.54 Å². The molecule has 0 saturated carbocycles. The van der Waals surface area contributed by atoms with Gasteiger partial charge in [-0.05, 0) is 43.2 Å². The second-order valence-corrected chi connectivity index (χ2v) is 7.96. The van der Waals surface area contributed by atoms with E-state index in [-0.39, 0.29) is 5.69 Å². The zero-order chi connectivity index (χ0) is 21.9. The molecule has 5 nitrogen and oxygen atoms in total. The third-order valence-electron chi connectivity index (χ3n) is 4.54. The van der Waals surface area contributed by atoms with Crippen molar-refractivity contribution in [3.8, 4) is 5.75 Å². The fraction of sp³-hybridized carbons (Fsp3) is 0.300. The number of amidine groups is 1. The topological polar surface area (TPSA) is 76.7 Å². The molecule has 0 fully saturated rings. The maximum Gasteiger partial charge on any atom is 0.461 e. The number of aliphatic imine (C=N–C) groups is 1. The van der Waals surface area contributed by atoms with E-state index in [4.69, 9.17) is 5.73 Å². The number of ether oxygens (including phenoxy) is 1. The van der Waals surface area contributed by atoms with E-state index in [9.17, 15) is 22.4 Å². The Morgan fingerprint density at radius 2 is 2.00 bits per heavy atom. The van der Waals surface area contributed by atoms with Crippen LogP contribution in [0.1, 0.15) is 29.3 Å². The summed E-state index contributed by atoms with van der Waals surface area (Å²) < 4.78 is 54.9. The number of alkyl halides is 4. The van der Waals surface area contributed by atoms with E-state index in [1.807, 2.05) is 13.0 Å². The molecule has 0 spiro atoms.